The molecule has 1 heterocycles. The normalized spacial score (nSPS) is 16.2. The third-order valence-corrected chi connectivity index (χ3v) is 7.45. The topological polar surface area (TPSA) is 105 Å². The molecule has 1 aromatic rings. The number of ether oxygens (including phenoxy) is 1. The summed E-state index contributed by atoms with van der Waals surface area (Å²) in [5.41, 5.74) is 0.514. The van der Waals surface area contributed by atoms with Gasteiger partial charge in [-0.1, -0.05) is 6.07 Å². The highest BCUT2D eigenvalue weighted by atomic mass is 35.5. The largest absolute Gasteiger partial charge is 0.379 e. The van der Waals surface area contributed by atoms with Gasteiger partial charge in [0.2, 0.25) is 20.0 Å². The van der Waals surface area contributed by atoms with Crippen LogP contribution < -0.4 is 10.0 Å². The molecule has 1 saturated heterocycles. The van der Waals surface area contributed by atoms with Crippen molar-refractivity contribution in [3.63, 3.8) is 0 Å². The Kier molecular flexibility index (Phi) is 8.94. The van der Waals surface area contributed by atoms with Gasteiger partial charge in [-0.25, -0.2) is 21.6 Å². The van der Waals surface area contributed by atoms with E-state index in [1.807, 2.05) is 0 Å². The summed E-state index contributed by atoms with van der Waals surface area (Å²) >= 11 is 0. The first-order chi connectivity index (χ1) is 11.8. The first-order valence-electron chi connectivity index (χ1n) is 8.12. The molecule has 11 heteroatoms. The van der Waals surface area contributed by atoms with E-state index in [9.17, 15) is 16.8 Å². The van der Waals surface area contributed by atoms with Gasteiger partial charge in [0, 0.05) is 19.6 Å². The van der Waals surface area contributed by atoms with Crippen LogP contribution in [0.1, 0.15) is 12.0 Å². The molecule has 1 fully saturated rings. The lowest BCUT2D eigenvalue weighted by atomic mass is 10.2. The van der Waals surface area contributed by atoms with E-state index in [4.69, 9.17) is 4.74 Å². The molecule has 26 heavy (non-hydrogen) atoms. The van der Waals surface area contributed by atoms with E-state index in [0.29, 0.717) is 31.7 Å². The molecule has 8 nitrogen and oxygen atoms in total. The van der Waals surface area contributed by atoms with Crippen LogP contribution in [0.4, 0.5) is 0 Å². The number of morpholine rings is 1. The van der Waals surface area contributed by atoms with E-state index in [1.54, 1.807) is 14.0 Å². The first-order valence-corrected chi connectivity index (χ1v) is 11.0. The van der Waals surface area contributed by atoms with Crippen molar-refractivity contribution in [3.8, 4) is 0 Å². The lowest BCUT2D eigenvalue weighted by Gasteiger charge is -2.26. The second kappa shape index (κ2) is 9.98. The van der Waals surface area contributed by atoms with Crippen molar-refractivity contribution in [1.29, 1.82) is 0 Å². The Bertz CT molecular complexity index is 793. The number of sulfonamides is 2. The van der Waals surface area contributed by atoms with E-state index in [-0.39, 0.29) is 41.8 Å². The Hall–Kier alpha value is -0.750. The van der Waals surface area contributed by atoms with Gasteiger partial charge in [-0.2, -0.15) is 4.31 Å². The summed E-state index contributed by atoms with van der Waals surface area (Å²) < 4.78 is 59.5. The Labute approximate surface area is 161 Å². The molecule has 1 aliphatic heterocycles. The maximum atomic E-state index is 12.8. The average molecular weight is 428 g/mol. The minimum absolute atomic E-state index is 0. The van der Waals surface area contributed by atoms with Crippen molar-refractivity contribution in [2.45, 2.75) is 23.1 Å². The van der Waals surface area contributed by atoms with Gasteiger partial charge in [0.1, 0.15) is 0 Å². The molecule has 0 spiro atoms. The van der Waals surface area contributed by atoms with Crippen LogP contribution in [-0.4, -0.2) is 67.6 Å². The highest BCUT2D eigenvalue weighted by molar-refractivity contribution is 7.90. The van der Waals surface area contributed by atoms with E-state index in [0.717, 1.165) is 0 Å². The van der Waals surface area contributed by atoms with E-state index in [2.05, 4.69) is 10.0 Å². The minimum Gasteiger partial charge on any atom is -0.379 e. The molecule has 150 valence electrons. The smallest absolute Gasteiger partial charge is 0.243 e. The fourth-order valence-corrected chi connectivity index (χ4v) is 5.34. The number of rotatable bonds is 8. The molecule has 2 N–H and O–H groups in total. The molecule has 0 unspecified atom stereocenters. The summed E-state index contributed by atoms with van der Waals surface area (Å²) in [6.07, 6.45) is 0.639. The highest BCUT2D eigenvalue weighted by Crippen LogP contribution is 2.24. The number of hydrogen-bond acceptors (Lipinski definition) is 6. The lowest BCUT2D eigenvalue weighted by molar-refractivity contribution is 0.0730. The van der Waals surface area contributed by atoms with Gasteiger partial charge >= 0.3 is 0 Å². The molecule has 0 aliphatic carbocycles. The Morgan fingerprint density at radius 3 is 2.38 bits per heavy atom. The zero-order valence-corrected chi connectivity index (χ0v) is 17.3. The van der Waals surface area contributed by atoms with Crippen LogP contribution in [0.5, 0.6) is 0 Å². The molecule has 0 atom stereocenters. The number of hydrogen-bond donors (Lipinski definition) is 2. The summed E-state index contributed by atoms with van der Waals surface area (Å²) in [4.78, 5) is -0.0260. The van der Waals surface area contributed by atoms with E-state index < -0.39 is 20.0 Å². The summed E-state index contributed by atoms with van der Waals surface area (Å²) in [5.74, 6) is 0. The van der Waals surface area contributed by atoms with Crippen LogP contribution in [0.2, 0.25) is 0 Å². The molecule has 1 aliphatic rings. The SMILES string of the molecule is CNCCCNS(=O)(=O)c1ccc(C)c(S(=O)(=O)N2CCOCC2)c1.Cl. The van der Waals surface area contributed by atoms with Crippen LogP contribution in [-0.2, 0) is 24.8 Å². The van der Waals surface area contributed by atoms with Crippen LogP contribution >= 0.6 is 12.4 Å². The van der Waals surface area contributed by atoms with Gasteiger partial charge in [0.25, 0.3) is 0 Å². The summed E-state index contributed by atoms with van der Waals surface area (Å²) in [6, 6.07) is 4.18. The molecule has 0 saturated carbocycles. The zero-order valence-electron chi connectivity index (χ0n) is 14.9. The van der Waals surface area contributed by atoms with Gasteiger partial charge in [0.15, 0.2) is 0 Å². The third-order valence-electron chi connectivity index (χ3n) is 3.95. The summed E-state index contributed by atoms with van der Waals surface area (Å²) in [5, 5.41) is 2.94. The Morgan fingerprint density at radius 2 is 1.77 bits per heavy atom. The van der Waals surface area contributed by atoms with Crippen LogP contribution in [0, 0.1) is 6.92 Å². The van der Waals surface area contributed by atoms with E-state index >= 15 is 0 Å². The quantitative estimate of drug-likeness (QED) is 0.579. The average Bonchev–Trinajstić information content (AvgIpc) is 2.59. The number of benzene rings is 1. The van der Waals surface area contributed by atoms with Crippen LogP contribution in [0.3, 0.4) is 0 Å². The lowest BCUT2D eigenvalue weighted by Crippen LogP contribution is -2.40. The molecule has 2 rings (SSSR count). The highest BCUT2D eigenvalue weighted by Gasteiger charge is 2.29. The zero-order chi connectivity index (χ0) is 18.5. The number of halogens is 1. The standard InChI is InChI=1S/C15H25N3O5S2.ClH/c1-13-4-5-14(24(19,20)17-7-3-6-16-2)12-15(13)25(21,22)18-8-10-23-11-9-18;/h4-5,12,16-17H,3,6-11H2,1-2H3;1H. The molecular formula is C15H26ClN3O5S2. The molecule has 1 aromatic carbocycles. The van der Waals surface area contributed by atoms with E-state index in [1.165, 1.54) is 22.5 Å². The van der Waals surface area contributed by atoms with Crippen molar-refractivity contribution in [2.75, 3.05) is 46.4 Å². The van der Waals surface area contributed by atoms with Gasteiger partial charge in [-0.3, -0.25) is 0 Å². The minimum atomic E-state index is -3.76. The fourth-order valence-electron chi connectivity index (χ4n) is 2.51. The number of nitrogens with one attached hydrogen (secondary N) is 2. The summed E-state index contributed by atoms with van der Waals surface area (Å²) in [6.45, 7) is 3.83. The van der Waals surface area contributed by atoms with Crippen LogP contribution in [0.25, 0.3) is 0 Å². The predicted molar refractivity (Wildman–Crippen MR) is 102 cm³/mol. The Morgan fingerprint density at radius 1 is 1.12 bits per heavy atom. The maximum Gasteiger partial charge on any atom is 0.243 e. The van der Waals surface area contributed by atoms with Gasteiger partial charge in [-0.15, -0.1) is 12.4 Å². The predicted octanol–water partition coefficient (Wildman–Crippen LogP) is 0.326. The molecule has 0 radical (unpaired) electrons. The molecule has 0 aromatic heterocycles. The second-order valence-electron chi connectivity index (χ2n) is 5.80. The number of nitrogens with zero attached hydrogens (tertiary/aromatic N) is 1. The molecular weight excluding hydrogens is 402 g/mol. The third kappa shape index (κ3) is 5.62. The fraction of sp³-hybridized carbons (Fsp3) is 0.600. The molecule has 0 bridgehead atoms. The molecule has 0 amide bonds. The van der Waals surface area contributed by atoms with Crippen LogP contribution in [0.15, 0.2) is 28.0 Å². The van der Waals surface area contributed by atoms with Crippen molar-refractivity contribution < 1.29 is 21.6 Å². The Balaban J connectivity index is 0.00000338. The van der Waals surface area contributed by atoms with Gasteiger partial charge in [0.05, 0.1) is 23.0 Å². The van der Waals surface area contributed by atoms with Gasteiger partial charge < -0.3 is 10.1 Å². The second-order valence-corrected chi connectivity index (χ2v) is 9.47. The van der Waals surface area contributed by atoms with Crippen molar-refractivity contribution in [3.05, 3.63) is 23.8 Å². The van der Waals surface area contributed by atoms with Crippen molar-refractivity contribution in [1.82, 2.24) is 14.3 Å². The number of aryl methyl sites for hydroxylation is 1. The van der Waals surface area contributed by atoms with Crippen molar-refractivity contribution >= 4 is 32.5 Å². The van der Waals surface area contributed by atoms with Crippen molar-refractivity contribution in [2.24, 2.45) is 0 Å². The monoisotopic (exact) mass is 427 g/mol. The summed E-state index contributed by atoms with van der Waals surface area (Å²) in [7, 11) is -5.72. The maximum absolute atomic E-state index is 12.8. The first kappa shape index (κ1) is 23.3. The van der Waals surface area contributed by atoms with Gasteiger partial charge in [-0.05, 0) is 44.6 Å².